The number of carbonyl (C=O) groups excluding carboxylic acids is 1. The van der Waals surface area contributed by atoms with Gasteiger partial charge in [0.25, 0.3) is 0 Å². The molecule has 0 aliphatic heterocycles. The average Bonchev–Trinajstić information content (AvgIpc) is 2.40. The van der Waals surface area contributed by atoms with Crippen molar-refractivity contribution in [3.63, 3.8) is 0 Å². The van der Waals surface area contributed by atoms with Crippen molar-refractivity contribution < 1.29 is 4.79 Å². The monoisotopic (exact) mass is 257 g/mol. The van der Waals surface area contributed by atoms with Gasteiger partial charge in [-0.25, -0.2) is 0 Å². The van der Waals surface area contributed by atoms with Crippen molar-refractivity contribution in [2.45, 2.75) is 51.1 Å². The van der Waals surface area contributed by atoms with Crippen LogP contribution in [0.25, 0.3) is 0 Å². The second kappa shape index (κ2) is 6.16. The SMILES string of the molecule is C=C(C)CC1(NCc2ccccc2)CCCCC1=O. The average molecular weight is 257 g/mol. The molecule has 1 aromatic carbocycles. The van der Waals surface area contributed by atoms with Crippen molar-refractivity contribution in [2.24, 2.45) is 0 Å². The van der Waals surface area contributed by atoms with Crippen LogP contribution >= 0.6 is 0 Å². The first kappa shape index (κ1) is 14.0. The minimum absolute atomic E-state index is 0.359. The molecule has 0 heterocycles. The van der Waals surface area contributed by atoms with Gasteiger partial charge in [0.05, 0.1) is 5.54 Å². The predicted molar refractivity (Wildman–Crippen MR) is 78.9 cm³/mol. The Morgan fingerprint density at radius 2 is 2.05 bits per heavy atom. The van der Waals surface area contributed by atoms with E-state index < -0.39 is 0 Å². The molecule has 0 amide bonds. The topological polar surface area (TPSA) is 29.1 Å². The van der Waals surface area contributed by atoms with Crippen LogP contribution in [0.15, 0.2) is 42.5 Å². The summed E-state index contributed by atoms with van der Waals surface area (Å²) in [6.45, 7) is 6.75. The standard InChI is InChI=1S/C17H23NO/c1-14(2)12-17(11-7-6-10-16(17)19)18-13-15-8-4-3-5-9-15/h3-5,8-9,18H,1,6-7,10-13H2,2H3. The zero-order valence-corrected chi connectivity index (χ0v) is 11.7. The van der Waals surface area contributed by atoms with Crippen LogP contribution in [0.4, 0.5) is 0 Å². The van der Waals surface area contributed by atoms with Crippen molar-refractivity contribution in [3.05, 3.63) is 48.0 Å². The molecule has 1 aliphatic rings. The lowest BCUT2D eigenvalue weighted by Gasteiger charge is -2.37. The summed E-state index contributed by atoms with van der Waals surface area (Å²) in [7, 11) is 0. The summed E-state index contributed by atoms with van der Waals surface area (Å²) in [5.41, 5.74) is 1.93. The van der Waals surface area contributed by atoms with E-state index in [1.165, 1.54) is 5.56 Å². The summed E-state index contributed by atoms with van der Waals surface area (Å²) in [5.74, 6) is 0.359. The minimum atomic E-state index is -0.375. The molecule has 1 fully saturated rings. The Morgan fingerprint density at radius 3 is 2.68 bits per heavy atom. The lowest BCUT2D eigenvalue weighted by Crippen LogP contribution is -2.53. The van der Waals surface area contributed by atoms with E-state index in [0.29, 0.717) is 12.2 Å². The number of nitrogens with one attached hydrogen (secondary N) is 1. The van der Waals surface area contributed by atoms with Crippen molar-refractivity contribution in [2.75, 3.05) is 0 Å². The molecule has 0 bridgehead atoms. The van der Waals surface area contributed by atoms with Crippen LogP contribution in [0.3, 0.4) is 0 Å². The Hall–Kier alpha value is -1.41. The highest BCUT2D eigenvalue weighted by molar-refractivity contribution is 5.89. The zero-order chi connectivity index (χ0) is 13.7. The number of benzene rings is 1. The summed E-state index contributed by atoms with van der Waals surface area (Å²) in [6, 6.07) is 10.3. The van der Waals surface area contributed by atoms with Crippen LogP contribution in [0, 0.1) is 0 Å². The molecule has 0 aromatic heterocycles. The van der Waals surface area contributed by atoms with Crippen molar-refractivity contribution >= 4 is 5.78 Å². The van der Waals surface area contributed by atoms with Gasteiger partial charge < -0.3 is 5.32 Å². The molecule has 2 heteroatoms. The third-order valence-electron chi connectivity index (χ3n) is 3.87. The Labute approximate surface area is 115 Å². The zero-order valence-electron chi connectivity index (χ0n) is 11.7. The van der Waals surface area contributed by atoms with E-state index in [2.05, 4.69) is 24.0 Å². The summed E-state index contributed by atoms with van der Waals surface area (Å²) in [4.78, 5) is 12.4. The Bertz CT molecular complexity index is 452. The first-order valence-electron chi connectivity index (χ1n) is 7.09. The molecular formula is C17H23NO. The van der Waals surface area contributed by atoms with Gasteiger partial charge in [-0.2, -0.15) is 0 Å². The Balaban J connectivity index is 2.09. The second-order valence-corrected chi connectivity index (χ2v) is 5.69. The fourth-order valence-corrected chi connectivity index (χ4v) is 2.91. The molecule has 19 heavy (non-hydrogen) atoms. The van der Waals surface area contributed by atoms with Gasteiger partial charge in [0.1, 0.15) is 0 Å². The minimum Gasteiger partial charge on any atom is -0.301 e. The van der Waals surface area contributed by atoms with Crippen LogP contribution < -0.4 is 5.32 Å². The van der Waals surface area contributed by atoms with Crippen molar-refractivity contribution in [1.82, 2.24) is 5.32 Å². The molecule has 0 saturated heterocycles. The smallest absolute Gasteiger partial charge is 0.153 e. The molecule has 1 aromatic rings. The number of rotatable bonds is 5. The van der Waals surface area contributed by atoms with E-state index in [9.17, 15) is 4.79 Å². The highest BCUT2D eigenvalue weighted by atomic mass is 16.1. The number of hydrogen-bond acceptors (Lipinski definition) is 2. The quantitative estimate of drug-likeness (QED) is 0.816. The molecule has 2 rings (SSSR count). The van der Waals surface area contributed by atoms with E-state index in [1.54, 1.807) is 0 Å². The summed E-state index contributed by atoms with van der Waals surface area (Å²) in [6.07, 6.45) is 4.56. The van der Waals surface area contributed by atoms with E-state index >= 15 is 0 Å². The molecule has 1 N–H and O–H groups in total. The lowest BCUT2D eigenvalue weighted by atomic mass is 9.76. The van der Waals surface area contributed by atoms with Crippen LogP contribution in [-0.2, 0) is 11.3 Å². The molecule has 2 nitrogen and oxygen atoms in total. The molecule has 1 aliphatic carbocycles. The van der Waals surface area contributed by atoms with Gasteiger partial charge in [0.15, 0.2) is 5.78 Å². The number of carbonyl (C=O) groups is 1. The van der Waals surface area contributed by atoms with Crippen molar-refractivity contribution in [1.29, 1.82) is 0 Å². The Morgan fingerprint density at radius 1 is 1.32 bits per heavy atom. The first-order valence-corrected chi connectivity index (χ1v) is 7.09. The van der Waals surface area contributed by atoms with E-state index in [4.69, 9.17) is 0 Å². The number of hydrogen-bond donors (Lipinski definition) is 1. The highest BCUT2D eigenvalue weighted by Crippen LogP contribution is 2.30. The van der Waals surface area contributed by atoms with Gasteiger partial charge >= 0.3 is 0 Å². The van der Waals surface area contributed by atoms with Gasteiger partial charge in [-0.15, -0.1) is 6.58 Å². The third kappa shape index (κ3) is 3.54. The van der Waals surface area contributed by atoms with Gasteiger partial charge in [0.2, 0.25) is 0 Å². The molecule has 1 saturated carbocycles. The summed E-state index contributed by atoms with van der Waals surface area (Å²) in [5, 5.41) is 3.52. The maximum Gasteiger partial charge on any atom is 0.153 e. The molecule has 1 atom stereocenters. The van der Waals surface area contributed by atoms with Gasteiger partial charge in [-0.3, -0.25) is 4.79 Å². The van der Waals surface area contributed by atoms with Crippen LogP contribution in [0.2, 0.25) is 0 Å². The fraction of sp³-hybridized carbons (Fsp3) is 0.471. The summed E-state index contributed by atoms with van der Waals surface area (Å²) < 4.78 is 0. The Kier molecular flexibility index (Phi) is 4.54. The molecule has 1 unspecified atom stereocenters. The van der Waals surface area contributed by atoms with E-state index in [-0.39, 0.29) is 5.54 Å². The van der Waals surface area contributed by atoms with E-state index in [1.807, 2.05) is 25.1 Å². The largest absolute Gasteiger partial charge is 0.301 e. The number of ketones is 1. The fourth-order valence-electron chi connectivity index (χ4n) is 2.91. The molecule has 102 valence electrons. The maximum atomic E-state index is 12.4. The first-order chi connectivity index (χ1) is 9.12. The van der Waals surface area contributed by atoms with Gasteiger partial charge in [-0.05, 0) is 31.7 Å². The van der Waals surface area contributed by atoms with Crippen LogP contribution in [0.5, 0.6) is 0 Å². The lowest BCUT2D eigenvalue weighted by molar-refractivity contribution is -0.127. The van der Waals surface area contributed by atoms with Crippen LogP contribution in [0.1, 0.15) is 44.6 Å². The van der Waals surface area contributed by atoms with E-state index in [0.717, 1.165) is 37.8 Å². The molecule has 0 radical (unpaired) electrons. The van der Waals surface area contributed by atoms with Crippen molar-refractivity contribution in [3.8, 4) is 0 Å². The highest BCUT2D eigenvalue weighted by Gasteiger charge is 2.38. The van der Waals surface area contributed by atoms with Gasteiger partial charge in [0, 0.05) is 13.0 Å². The molecular weight excluding hydrogens is 234 g/mol. The third-order valence-corrected chi connectivity index (χ3v) is 3.87. The normalized spacial score (nSPS) is 23.3. The van der Waals surface area contributed by atoms with Gasteiger partial charge in [-0.1, -0.05) is 42.3 Å². The summed E-state index contributed by atoms with van der Waals surface area (Å²) >= 11 is 0. The predicted octanol–water partition coefficient (Wildman–Crippen LogP) is 3.62. The van der Waals surface area contributed by atoms with Crippen LogP contribution in [-0.4, -0.2) is 11.3 Å². The molecule has 0 spiro atoms. The number of Topliss-reactive ketones (excluding diaryl/α,β-unsaturated/α-hetero) is 1. The maximum absolute atomic E-state index is 12.4. The second-order valence-electron chi connectivity index (χ2n) is 5.69.